The second-order valence-electron chi connectivity index (χ2n) is 9.01. The Labute approximate surface area is 124 Å². The molecule has 114 valence electrons. The van der Waals surface area contributed by atoms with Gasteiger partial charge in [-0.1, -0.05) is 27.2 Å². The Bertz CT molecular complexity index is 386. The summed E-state index contributed by atoms with van der Waals surface area (Å²) in [6.07, 6.45) is 10.1. The van der Waals surface area contributed by atoms with Crippen LogP contribution in [0.15, 0.2) is 0 Å². The first-order valence-electron chi connectivity index (χ1n) is 9.01. The van der Waals surface area contributed by atoms with Crippen molar-refractivity contribution in [2.75, 3.05) is 13.1 Å². The lowest BCUT2D eigenvalue weighted by molar-refractivity contribution is 0.0859. The van der Waals surface area contributed by atoms with Crippen molar-refractivity contribution in [3.05, 3.63) is 0 Å². The van der Waals surface area contributed by atoms with E-state index in [1.54, 1.807) is 0 Å². The average molecular weight is 276 g/mol. The van der Waals surface area contributed by atoms with Crippen LogP contribution in [0.25, 0.3) is 0 Å². The molecule has 4 fully saturated rings. The van der Waals surface area contributed by atoms with Crippen LogP contribution in [0.3, 0.4) is 0 Å². The summed E-state index contributed by atoms with van der Waals surface area (Å²) in [7, 11) is 0. The second kappa shape index (κ2) is 4.46. The van der Waals surface area contributed by atoms with Crippen LogP contribution in [0.5, 0.6) is 0 Å². The van der Waals surface area contributed by atoms with Crippen LogP contribution in [0.2, 0.25) is 0 Å². The molecule has 2 heterocycles. The lowest BCUT2D eigenvalue weighted by Crippen LogP contribution is -2.56. The summed E-state index contributed by atoms with van der Waals surface area (Å²) < 4.78 is 0. The van der Waals surface area contributed by atoms with Crippen LogP contribution in [-0.2, 0) is 0 Å². The summed E-state index contributed by atoms with van der Waals surface area (Å²) in [5.74, 6) is 0.967. The number of fused-ring (bicyclic) bond motifs is 3. The molecule has 2 saturated heterocycles. The fraction of sp³-hybridized carbons (Fsp3) is 1.00. The molecule has 0 radical (unpaired) electrons. The topological polar surface area (TPSA) is 15.3 Å². The van der Waals surface area contributed by atoms with Crippen molar-refractivity contribution >= 4 is 0 Å². The summed E-state index contributed by atoms with van der Waals surface area (Å²) in [5, 5.41) is 4.20. The van der Waals surface area contributed by atoms with Gasteiger partial charge in [0.15, 0.2) is 0 Å². The highest BCUT2D eigenvalue weighted by molar-refractivity contribution is 5.13. The van der Waals surface area contributed by atoms with Crippen LogP contribution in [0.4, 0.5) is 0 Å². The number of hydrogen-bond donors (Lipinski definition) is 1. The Balaban J connectivity index is 1.51. The summed E-state index contributed by atoms with van der Waals surface area (Å²) in [5.41, 5.74) is 1.09. The van der Waals surface area contributed by atoms with Crippen LogP contribution in [0.1, 0.15) is 65.7 Å². The molecule has 5 atom stereocenters. The first kappa shape index (κ1) is 13.6. The van der Waals surface area contributed by atoms with Crippen molar-refractivity contribution in [3.63, 3.8) is 0 Å². The molecule has 4 rings (SSSR count). The van der Waals surface area contributed by atoms with Gasteiger partial charge in [0, 0.05) is 24.7 Å². The first-order chi connectivity index (χ1) is 9.51. The molecule has 3 unspecified atom stereocenters. The molecule has 2 bridgehead atoms. The van der Waals surface area contributed by atoms with E-state index in [4.69, 9.17) is 0 Å². The van der Waals surface area contributed by atoms with Gasteiger partial charge < -0.3 is 5.32 Å². The molecule has 0 aromatic carbocycles. The fourth-order valence-corrected chi connectivity index (χ4v) is 6.37. The molecule has 1 N–H and O–H groups in total. The molecule has 2 saturated carbocycles. The van der Waals surface area contributed by atoms with Crippen molar-refractivity contribution in [2.24, 2.45) is 16.7 Å². The minimum Gasteiger partial charge on any atom is -0.309 e. The molecular weight excluding hydrogens is 244 g/mol. The quantitative estimate of drug-likeness (QED) is 0.831. The zero-order valence-corrected chi connectivity index (χ0v) is 13.6. The smallest absolute Gasteiger partial charge is 0.0249 e. The number of nitrogens with zero attached hydrogens (tertiary/aromatic N) is 1. The molecule has 0 aromatic rings. The van der Waals surface area contributed by atoms with Crippen LogP contribution >= 0.6 is 0 Å². The third kappa shape index (κ3) is 1.83. The molecule has 0 aromatic heterocycles. The third-order valence-corrected chi connectivity index (χ3v) is 7.51. The number of hydrogen-bond acceptors (Lipinski definition) is 2. The molecule has 2 aliphatic heterocycles. The van der Waals surface area contributed by atoms with Crippen LogP contribution in [0, 0.1) is 16.7 Å². The molecule has 0 spiro atoms. The average Bonchev–Trinajstić information content (AvgIpc) is 3.04. The maximum Gasteiger partial charge on any atom is 0.0249 e. The second-order valence-corrected chi connectivity index (χ2v) is 9.01. The fourth-order valence-electron chi connectivity index (χ4n) is 6.37. The first-order valence-corrected chi connectivity index (χ1v) is 9.01. The summed E-state index contributed by atoms with van der Waals surface area (Å²) in [4.78, 5) is 2.77. The Morgan fingerprint density at radius 3 is 2.60 bits per heavy atom. The molecule has 2 aliphatic carbocycles. The van der Waals surface area contributed by atoms with Gasteiger partial charge in [-0.15, -0.1) is 0 Å². The molecular formula is C18H32N2. The Hall–Kier alpha value is -0.0800. The van der Waals surface area contributed by atoms with Gasteiger partial charge in [-0.3, -0.25) is 4.90 Å². The largest absolute Gasteiger partial charge is 0.309 e. The van der Waals surface area contributed by atoms with Gasteiger partial charge in [-0.2, -0.15) is 0 Å². The molecule has 0 amide bonds. The SMILES string of the molecule is CC1(C)C(NC2CCN3CCCCC23)[C@]2(C)CC[C@H]1C2. The monoisotopic (exact) mass is 276 g/mol. The summed E-state index contributed by atoms with van der Waals surface area (Å²) in [6, 6.07) is 2.37. The number of rotatable bonds is 2. The van der Waals surface area contributed by atoms with E-state index in [0.717, 1.165) is 24.0 Å². The molecule has 4 aliphatic rings. The van der Waals surface area contributed by atoms with Gasteiger partial charge in [0.05, 0.1) is 0 Å². The van der Waals surface area contributed by atoms with E-state index < -0.39 is 0 Å². The normalized spacial score (nSPS) is 50.5. The van der Waals surface area contributed by atoms with Crippen molar-refractivity contribution in [1.82, 2.24) is 10.2 Å². The predicted octanol–water partition coefficient (Wildman–Crippen LogP) is 3.42. The minimum absolute atomic E-state index is 0.509. The predicted molar refractivity (Wildman–Crippen MR) is 83.8 cm³/mol. The van der Waals surface area contributed by atoms with Gasteiger partial charge in [0.2, 0.25) is 0 Å². The molecule has 2 heteroatoms. The van der Waals surface area contributed by atoms with E-state index in [9.17, 15) is 0 Å². The van der Waals surface area contributed by atoms with Crippen molar-refractivity contribution in [3.8, 4) is 0 Å². The van der Waals surface area contributed by atoms with Gasteiger partial charge in [0.1, 0.15) is 0 Å². The van der Waals surface area contributed by atoms with E-state index in [1.165, 1.54) is 58.0 Å². The lowest BCUT2D eigenvalue weighted by Gasteiger charge is -2.46. The summed E-state index contributed by atoms with van der Waals surface area (Å²) in [6.45, 7) is 10.3. The van der Waals surface area contributed by atoms with E-state index in [2.05, 4.69) is 31.0 Å². The highest BCUT2D eigenvalue weighted by Crippen LogP contribution is 2.62. The van der Waals surface area contributed by atoms with E-state index in [-0.39, 0.29) is 0 Å². The highest BCUT2D eigenvalue weighted by Gasteiger charge is 2.59. The Kier molecular flexibility index (Phi) is 3.03. The Morgan fingerprint density at radius 2 is 1.85 bits per heavy atom. The highest BCUT2D eigenvalue weighted by atomic mass is 15.2. The lowest BCUT2D eigenvalue weighted by atomic mass is 9.68. The maximum atomic E-state index is 4.20. The third-order valence-electron chi connectivity index (χ3n) is 7.51. The van der Waals surface area contributed by atoms with Gasteiger partial charge in [-0.05, 0) is 61.8 Å². The molecule has 20 heavy (non-hydrogen) atoms. The van der Waals surface area contributed by atoms with Crippen LogP contribution in [-0.4, -0.2) is 36.1 Å². The van der Waals surface area contributed by atoms with Crippen molar-refractivity contribution < 1.29 is 0 Å². The van der Waals surface area contributed by atoms with E-state index in [1.807, 2.05) is 0 Å². The van der Waals surface area contributed by atoms with Crippen molar-refractivity contribution in [1.29, 1.82) is 0 Å². The van der Waals surface area contributed by atoms with Crippen LogP contribution < -0.4 is 5.32 Å². The van der Waals surface area contributed by atoms with Gasteiger partial charge in [0.25, 0.3) is 0 Å². The zero-order chi connectivity index (χ0) is 14.0. The minimum atomic E-state index is 0.509. The zero-order valence-electron chi connectivity index (χ0n) is 13.6. The van der Waals surface area contributed by atoms with Gasteiger partial charge >= 0.3 is 0 Å². The standard InChI is InChI=1S/C18H32N2/c1-17(2)13-7-9-18(3,12-13)16(17)19-14-8-11-20-10-5-4-6-15(14)20/h13-16,19H,4-12H2,1-3H3/t13-,14?,15?,16?,18+/m0/s1. The van der Waals surface area contributed by atoms with E-state index in [0.29, 0.717) is 10.8 Å². The maximum absolute atomic E-state index is 4.20. The number of nitrogens with one attached hydrogen (secondary N) is 1. The van der Waals surface area contributed by atoms with E-state index >= 15 is 0 Å². The molecule has 2 nitrogen and oxygen atoms in total. The van der Waals surface area contributed by atoms with Crippen molar-refractivity contribution in [2.45, 2.75) is 83.8 Å². The summed E-state index contributed by atoms with van der Waals surface area (Å²) >= 11 is 0. The number of piperidine rings is 1. The van der Waals surface area contributed by atoms with Gasteiger partial charge in [-0.25, -0.2) is 0 Å². The Morgan fingerprint density at radius 1 is 1.00 bits per heavy atom.